The second-order valence-corrected chi connectivity index (χ2v) is 5.35. The molecule has 3 nitrogen and oxygen atoms in total. The van der Waals surface area contributed by atoms with Gasteiger partial charge in [0.1, 0.15) is 0 Å². The number of carbonyl (C=O) groups is 1. The fraction of sp³-hybridized carbons (Fsp3) is 0.583. The van der Waals surface area contributed by atoms with E-state index in [9.17, 15) is 4.79 Å². The van der Waals surface area contributed by atoms with Crippen LogP contribution in [0.5, 0.6) is 0 Å². The lowest BCUT2D eigenvalue weighted by Gasteiger charge is -2.14. The molecule has 1 aliphatic heterocycles. The molecule has 0 spiro atoms. The Morgan fingerprint density at radius 3 is 3.25 bits per heavy atom. The molecule has 0 aromatic carbocycles. The number of hydrogen-bond donors (Lipinski definition) is 2. The van der Waals surface area contributed by atoms with E-state index in [1.54, 1.807) is 11.3 Å². The topological polar surface area (TPSA) is 41.1 Å². The van der Waals surface area contributed by atoms with Crippen molar-refractivity contribution in [3.05, 3.63) is 22.4 Å². The molecule has 1 amide bonds. The highest BCUT2D eigenvalue weighted by Crippen LogP contribution is 2.19. The first-order valence-electron chi connectivity index (χ1n) is 5.79. The Kier molecular flexibility index (Phi) is 3.96. The number of amides is 1. The van der Waals surface area contributed by atoms with Crippen LogP contribution >= 0.6 is 11.3 Å². The molecule has 2 N–H and O–H groups in total. The van der Waals surface area contributed by atoms with Gasteiger partial charge in [-0.15, -0.1) is 11.3 Å². The predicted molar refractivity (Wildman–Crippen MR) is 66.5 cm³/mol. The quantitative estimate of drug-likeness (QED) is 0.841. The predicted octanol–water partition coefficient (Wildman–Crippen LogP) is 1.92. The molecule has 4 heteroatoms. The number of rotatable bonds is 4. The van der Waals surface area contributed by atoms with Gasteiger partial charge in [0.25, 0.3) is 0 Å². The maximum Gasteiger partial charge on any atom is 0.220 e. The van der Waals surface area contributed by atoms with E-state index < -0.39 is 0 Å². The molecule has 1 aliphatic rings. The first kappa shape index (κ1) is 11.6. The van der Waals surface area contributed by atoms with Gasteiger partial charge in [0.2, 0.25) is 5.91 Å². The van der Waals surface area contributed by atoms with Crippen molar-refractivity contribution in [1.29, 1.82) is 0 Å². The number of carbonyl (C=O) groups excluding carboxylic acids is 1. The lowest BCUT2D eigenvalue weighted by atomic mass is 10.0. The van der Waals surface area contributed by atoms with Gasteiger partial charge in [0, 0.05) is 11.3 Å². The minimum Gasteiger partial charge on any atom is -0.349 e. The summed E-state index contributed by atoms with van der Waals surface area (Å²) in [5.41, 5.74) is 0. The summed E-state index contributed by atoms with van der Waals surface area (Å²) in [7, 11) is 0. The monoisotopic (exact) mass is 238 g/mol. The number of thiophene rings is 1. The molecule has 0 radical (unpaired) electrons. The molecule has 1 fully saturated rings. The van der Waals surface area contributed by atoms with Crippen LogP contribution in [-0.4, -0.2) is 19.0 Å². The second-order valence-electron chi connectivity index (χ2n) is 4.37. The van der Waals surface area contributed by atoms with Crippen molar-refractivity contribution in [3.63, 3.8) is 0 Å². The van der Waals surface area contributed by atoms with Crippen LogP contribution in [0.2, 0.25) is 0 Å². The zero-order valence-corrected chi connectivity index (χ0v) is 10.3. The Bertz CT molecular complexity index is 331. The van der Waals surface area contributed by atoms with Crippen LogP contribution in [0.3, 0.4) is 0 Å². The van der Waals surface area contributed by atoms with Gasteiger partial charge in [-0.05, 0) is 43.8 Å². The number of nitrogens with one attached hydrogen (secondary N) is 2. The zero-order chi connectivity index (χ0) is 11.4. The van der Waals surface area contributed by atoms with E-state index >= 15 is 0 Å². The molecule has 0 aliphatic carbocycles. The Morgan fingerprint density at radius 2 is 2.62 bits per heavy atom. The molecule has 2 heterocycles. The van der Waals surface area contributed by atoms with E-state index in [-0.39, 0.29) is 11.9 Å². The van der Waals surface area contributed by atoms with Crippen molar-refractivity contribution in [2.75, 3.05) is 13.1 Å². The SMILES string of the molecule is C[C@@H](NC(=O)CC1CCNC1)c1cccs1. The van der Waals surface area contributed by atoms with Crippen LogP contribution in [0, 0.1) is 5.92 Å². The molecule has 1 aromatic rings. The third-order valence-corrected chi connectivity index (χ3v) is 4.04. The molecule has 0 saturated carbocycles. The summed E-state index contributed by atoms with van der Waals surface area (Å²) in [5, 5.41) is 8.37. The van der Waals surface area contributed by atoms with Crippen molar-refractivity contribution in [3.8, 4) is 0 Å². The summed E-state index contributed by atoms with van der Waals surface area (Å²) in [6.07, 6.45) is 1.78. The Labute approximate surface area is 100 Å². The minimum atomic E-state index is 0.141. The highest BCUT2D eigenvalue weighted by Gasteiger charge is 2.19. The standard InChI is InChI=1S/C12H18N2OS/c1-9(11-3-2-6-16-11)14-12(15)7-10-4-5-13-8-10/h2-3,6,9-10,13H,4-5,7-8H2,1H3,(H,14,15)/t9-,10?/m1/s1. The molecule has 2 atom stereocenters. The van der Waals surface area contributed by atoms with E-state index in [0.29, 0.717) is 12.3 Å². The van der Waals surface area contributed by atoms with Crippen molar-refractivity contribution < 1.29 is 4.79 Å². The first-order valence-corrected chi connectivity index (χ1v) is 6.67. The van der Waals surface area contributed by atoms with Gasteiger partial charge in [-0.1, -0.05) is 6.07 Å². The van der Waals surface area contributed by atoms with Crippen LogP contribution in [0.4, 0.5) is 0 Å². The summed E-state index contributed by atoms with van der Waals surface area (Å²) in [6.45, 7) is 4.08. The Hall–Kier alpha value is -0.870. The van der Waals surface area contributed by atoms with E-state index in [0.717, 1.165) is 19.5 Å². The van der Waals surface area contributed by atoms with Crippen LogP contribution in [0.15, 0.2) is 17.5 Å². The van der Waals surface area contributed by atoms with Crippen LogP contribution in [0.1, 0.15) is 30.7 Å². The average molecular weight is 238 g/mol. The molecule has 1 aromatic heterocycles. The van der Waals surface area contributed by atoms with Crippen LogP contribution in [-0.2, 0) is 4.79 Å². The summed E-state index contributed by atoms with van der Waals surface area (Å²) < 4.78 is 0. The third kappa shape index (κ3) is 3.06. The minimum absolute atomic E-state index is 0.141. The zero-order valence-electron chi connectivity index (χ0n) is 9.53. The Morgan fingerprint density at radius 1 is 1.75 bits per heavy atom. The molecular formula is C12H18N2OS. The van der Waals surface area contributed by atoms with Crippen molar-refractivity contribution >= 4 is 17.2 Å². The van der Waals surface area contributed by atoms with E-state index in [4.69, 9.17) is 0 Å². The normalized spacial score (nSPS) is 21.9. The smallest absolute Gasteiger partial charge is 0.220 e. The molecular weight excluding hydrogens is 220 g/mol. The molecule has 0 bridgehead atoms. The van der Waals surface area contributed by atoms with Gasteiger partial charge in [0.15, 0.2) is 0 Å². The van der Waals surface area contributed by atoms with Gasteiger partial charge >= 0.3 is 0 Å². The Balaban J connectivity index is 1.78. The van der Waals surface area contributed by atoms with E-state index in [2.05, 4.69) is 16.7 Å². The largest absolute Gasteiger partial charge is 0.349 e. The van der Waals surface area contributed by atoms with Gasteiger partial charge in [-0.2, -0.15) is 0 Å². The first-order chi connectivity index (χ1) is 7.75. The average Bonchev–Trinajstić information content (AvgIpc) is 2.88. The lowest BCUT2D eigenvalue weighted by Crippen LogP contribution is -2.28. The molecule has 2 rings (SSSR count). The van der Waals surface area contributed by atoms with Crippen molar-refractivity contribution in [1.82, 2.24) is 10.6 Å². The summed E-state index contributed by atoms with van der Waals surface area (Å²) >= 11 is 1.69. The molecule has 1 saturated heterocycles. The van der Waals surface area contributed by atoms with Gasteiger partial charge in [0.05, 0.1) is 6.04 Å². The maximum absolute atomic E-state index is 11.8. The van der Waals surface area contributed by atoms with Crippen LogP contribution < -0.4 is 10.6 Å². The molecule has 16 heavy (non-hydrogen) atoms. The molecule has 1 unspecified atom stereocenters. The van der Waals surface area contributed by atoms with Gasteiger partial charge in [-0.3, -0.25) is 4.79 Å². The van der Waals surface area contributed by atoms with E-state index in [1.165, 1.54) is 4.88 Å². The third-order valence-electron chi connectivity index (χ3n) is 2.98. The lowest BCUT2D eigenvalue weighted by molar-refractivity contribution is -0.122. The van der Waals surface area contributed by atoms with Crippen molar-refractivity contribution in [2.24, 2.45) is 5.92 Å². The highest BCUT2D eigenvalue weighted by atomic mass is 32.1. The fourth-order valence-electron chi connectivity index (χ4n) is 2.06. The maximum atomic E-state index is 11.8. The van der Waals surface area contributed by atoms with Crippen LogP contribution in [0.25, 0.3) is 0 Å². The number of hydrogen-bond acceptors (Lipinski definition) is 3. The summed E-state index contributed by atoms with van der Waals surface area (Å²) in [6, 6.07) is 4.22. The molecule has 88 valence electrons. The summed E-state index contributed by atoms with van der Waals surface area (Å²) in [4.78, 5) is 13.0. The highest BCUT2D eigenvalue weighted by molar-refractivity contribution is 7.10. The van der Waals surface area contributed by atoms with Gasteiger partial charge < -0.3 is 10.6 Å². The van der Waals surface area contributed by atoms with Gasteiger partial charge in [-0.25, -0.2) is 0 Å². The second kappa shape index (κ2) is 5.46. The van der Waals surface area contributed by atoms with Crippen molar-refractivity contribution in [2.45, 2.75) is 25.8 Å². The fourth-order valence-corrected chi connectivity index (χ4v) is 2.79. The summed E-state index contributed by atoms with van der Waals surface area (Å²) in [5.74, 6) is 0.699. The van der Waals surface area contributed by atoms with E-state index in [1.807, 2.05) is 18.4 Å².